The molecule has 1 nitrogen and oxygen atoms in total. The third-order valence-corrected chi connectivity index (χ3v) is 6.02. The quantitative estimate of drug-likeness (QED) is 0.789. The van der Waals surface area contributed by atoms with Crippen LogP contribution in [0.5, 0.6) is 0 Å². The van der Waals surface area contributed by atoms with Crippen molar-refractivity contribution < 1.29 is 0 Å². The molecule has 0 aromatic carbocycles. The lowest BCUT2D eigenvalue weighted by Gasteiger charge is -2.34. The minimum atomic E-state index is 0.525. The summed E-state index contributed by atoms with van der Waals surface area (Å²) in [6, 6.07) is 0.744. The van der Waals surface area contributed by atoms with Gasteiger partial charge in [-0.2, -0.15) is 11.8 Å². The van der Waals surface area contributed by atoms with Gasteiger partial charge in [0, 0.05) is 10.8 Å². The highest BCUT2D eigenvalue weighted by Gasteiger charge is 2.38. The lowest BCUT2D eigenvalue weighted by molar-refractivity contribution is 0.340. The second-order valence-electron chi connectivity index (χ2n) is 5.49. The van der Waals surface area contributed by atoms with E-state index in [-0.39, 0.29) is 0 Å². The molecule has 2 heteroatoms. The third kappa shape index (κ3) is 2.71. The maximum Gasteiger partial charge on any atom is 0.0285 e. The Morgan fingerprint density at radius 1 is 1.33 bits per heavy atom. The van der Waals surface area contributed by atoms with Crippen LogP contribution in [0.3, 0.4) is 0 Å². The summed E-state index contributed by atoms with van der Waals surface area (Å²) in [6.07, 6.45) is 10.2. The molecular weight excluding hydrogens is 202 g/mol. The van der Waals surface area contributed by atoms with Crippen molar-refractivity contribution in [3.05, 3.63) is 0 Å². The van der Waals surface area contributed by atoms with Gasteiger partial charge >= 0.3 is 0 Å². The van der Waals surface area contributed by atoms with E-state index in [9.17, 15) is 0 Å². The molecule has 88 valence electrons. The summed E-state index contributed by atoms with van der Waals surface area (Å²) in [4.78, 5) is 0. The second-order valence-corrected chi connectivity index (χ2v) is 7.12. The van der Waals surface area contributed by atoms with Gasteiger partial charge in [-0.3, -0.25) is 0 Å². The molecule has 2 atom stereocenters. The van der Waals surface area contributed by atoms with Crippen LogP contribution in [0, 0.1) is 5.92 Å². The van der Waals surface area contributed by atoms with Gasteiger partial charge in [0.1, 0.15) is 0 Å². The summed E-state index contributed by atoms with van der Waals surface area (Å²) in [5.74, 6) is 2.39. The minimum absolute atomic E-state index is 0.525. The molecule has 2 aliphatic rings. The zero-order valence-corrected chi connectivity index (χ0v) is 11.0. The van der Waals surface area contributed by atoms with Crippen molar-refractivity contribution in [1.82, 2.24) is 5.32 Å². The number of rotatable bonds is 4. The first-order valence-corrected chi connectivity index (χ1v) is 7.54. The molecule has 2 unspecified atom stereocenters. The van der Waals surface area contributed by atoms with E-state index in [2.05, 4.69) is 31.1 Å². The van der Waals surface area contributed by atoms with Crippen LogP contribution < -0.4 is 5.32 Å². The van der Waals surface area contributed by atoms with Crippen molar-refractivity contribution in [3.8, 4) is 0 Å². The number of nitrogens with one attached hydrogen (secondary N) is 1. The molecule has 0 bridgehead atoms. The molecule has 2 rings (SSSR count). The Bertz CT molecular complexity index is 193. The fourth-order valence-corrected chi connectivity index (χ4v) is 4.79. The van der Waals surface area contributed by atoms with Crippen LogP contribution in [0.2, 0.25) is 0 Å². The summed E-state index contributed by atoms with van der Waals surface area (Å²) in [6.45, 7) is 2.47. The Morgan fingerprint density at radius 2 is 2.07 bits per heavy atom. The first-order chi connectivity index (χ1) is 7.24. The molecule has 0 aromatic rings. The molecular formula is C13H25NS. The Morgan fingerprint density at radius 3 is 2.60 bits per heavy atom. The number of hydrogen-bond donors (Lipinski definition) is 1. The Hall–Kier alpha value is 0.310. The lowest BCUT2D eigenvalue weighted by atomic mass is 9.87. The molecule has 0 radical (unpaired) electrons. The Kier molecular flexibility index (Phi) is 4.00. The SMILES string of the molecule is CNC(CC1CCCC1)C1(C)CCCS1. The smallest absolute Gasteiger partial charge is 0.0285 e. The van der Waals surface area contributed by atoms with E-state index in [1.165, 1.54) is 50.7 Å². The molecule has 0 amide bonds. The van der Waals surface area contributed by atoms with Gasteiger partial charge < -0.3 is 5.32 Å². The molecule has 1 aliphatic heterocycles. The highest BCUT2D eigenvalue weighted by molar-refractivity contribution is 8.00. The highest BCUT2D eigenvalue weighted by Crippen LogP contribution is 2.43. The van der Waals surface area contributed by atoms with Crippen LogP contribution in [0.1, 0.15) is 51.9 Å². The summed E-state index contributed by atoms with van der Waals surface area (Å²) in [5, 5.41) is 3.59. The molecule has 1 saturated carbocycles. The average Bonchev–Trinajstić information content (AvgIpc) is 2.85. The molecule has 1 aliphatic carbocycles. The zero-order chi connectivity index (χ0) is 10.7. The molecule has 0 spiro atoms. The molecule has 1 N–H and O–H groups in total. The Labute approximate surface area is 98.8 Å². The predicted octanol–water partition coefficient (Wildman–Crippen LogP) is 3.44. The van der Waals surface area contributed by atoms with E-state index >= 15 is 0 Å². The second kappa shape index (κ2) is 5.09. The van der Waals surface area contributed by atoms with E-state index in [1.54, 1.807) is 0 Å². The van der Waals surface area contributed by atoms with Gasteiger partial charge in [-0.25, -0.2) is 0 Å². The van der Waals surface area contributed by atoms with Crippen molar-refractivity contribution in [3.63, 3.8) is 0 Å². The minimum Gasteiger partial charge on any atom is -0.316 e. The summed E-state index contributed by atoms with van der Waals surface area (Å²) >= 11 is 2.20. The van der Waals surface area contributed by atoms with Gasteiger partial charge in [-0.1, -0.05) is 25.7 Å². The molecule has 15 heavy (non-hydrogen) atoms. The standard InChI is InChI=1S/C13H25NS/c1-13(8-5-9-15-13)12(14-2)10-11-6-3-4-7-11/h11-12,14H,3-10H2,1-2H3. The highest BCUT2D eigenvalue weighted by atomic mass is 32.2. The monoisotopic (exact) mass is 227 g/mol. The predicted molar refractivity (Wildman–Crippen MR) is 69.5 cm³/mol. The van der Waals surface area contributed by atoms with Crippen molar-refractivity contribution in [2.24, 2.45) is 5.92 Å². The fraction of sp³-hybridized carbons (Fsp3) is 1.00. The van der Waals surface area contributed by atoms with E-state index in [4.69, 9.17) is 0 Å². The van der Waals surface area contributed by atoms with Gasteiger partial charge in [-0.15, -0.1) is 0 Å². The first-order valence-electron chi connectivity index (χ1n) is 6.56. The lowest BCUT2D eigenvalue weighted by Crippen LogP contribution is -2.44. The van der Waals surface area contributed by atoms with E-state index < -0.39 is 0 Å². The molecule has 1 saturated heterocycles. The third-order valence-electron chi connectivity index (χ3n) is 4.38. The number of thioether (sulfide) groups is 1. The van der Waals surface area contributed by atoms with Crippen molar-refractivity contribution in [2.45, 2.75) is 62.7 Å². The zero-order valence-electron chi connectivity index (χ0n) is 10.2. The Balaban J connectivity index is 1.90. The van der Waals surface area contributed by atoms with Gasteiger partial charge in [0.25, 0.3) is 0 Å². The van der Waals surface area contributed by atoms with Crippen LogP contribution in [-0.4, -0.2) is 23.6 Å². The van der Waals surface area contributed by atoms with Crippen LogP contribution in [-0.2, 0) is 0 Å². The van der Waals surface area contributed by atoms with E-state index in [0.29, 0.717) is 4.75 Å². The van der Waals surface area contributed by atoms with Gasteiger partial charge in [0.05, 0.1) is 0 Å². The van der Waals surface area contributed by atoms with Crippen molar-refractivity contribution in [2.75, 3.05) is 12.8 Å². The van der Waals surface area contributed by atoms with Gasteiger partial charge in [0.2, 0.25) is 0 Å². The van der Waals surface area contributed by atoms with Crippen molar-refractivity contribution >= 4 is 11.8 Å². The summed E-state index contributed by atoms with van der Waals surface area (Å²) in [7, 11) is 2.16. The maximum absolute atomic E-state index is 3.59. The summed E-state index contributed by atoms with van der Waals surface area (Å²) in [5.41, 5.74) is 0. The normalized spacial score (nSPS) is 34.8. The molecule has 2 fully saturated rings. The van der Waals surface area contributed by atoms with Gasteiger partial charge in [-0.05, 0) is 44.9 Å². The van der Waals surface area contributed by atoms with Gasteiger partial charge in [0.15, 0.2) is 0 Å². The van der Waals surface area contributed by atoms with Crippen LogP contribution in [0.4, 0.5) is 0 Å². The summed E-state index contributed by atoms with van der Waals surface area (Å²) < 4.78 is 0.525. The topological polar surface area (TPSA) is 12.0 Å². The maximum atomic E-state index is 3.59. The first kappa shape index (κ1) is 11.8. The van der Waals surface area contributed by atoms with Crippen LogP contribution >= 0.6 is 11.8 Å². The van der Waals surface area contributed by atoms with E-state index in [1.807, 2.05) is 0 Å². The largest absolute Gasteiger partial charge is 0.316 e. The molecule has 0 aromatic heterocycles. The van der Waals surface area contributed by atoms with E-state index in [0.717, 1.165) is 12.0 Å². The molecule has 1 heterocycles. The number of hydrogen-bond acceptors (Lipinski definition) is 2. The van der Waals surface area contributed by atoms with Crippen LogP contribution in [0.15, 0.2) is 0 Å². The van der Waals surface area contributed by atoms with Crippen LogP contribution in [0.25, 0.3) is 0 Å². The average molecular weight is 227 g/mol. The van der Waals surface area contributed by atoms with Crippen molar-refractivity contribution in [1.29, 1.82) is 0 Å². The fourth-order valence-electron chi connectivity index (χ4n) is 3.33.